The van der Waals surface area contributed by atoms with Crippen LogP contribution in [-0.2, 0) is 4.74 Å². The molecule has 0 aromatic carbocycles. The van der Waals surface area contributed by atoms with Gasteiger partial charge in [-0.2, -0.15) is 0 Å². The highest BCUT2D eigenvalue weighted by atomic mass is 79.9. The van der Waals surface area contributed by atoms with Crippen LogP contribution in [0.5, 0.6) is 0 Å². The Morgan fingerprint density at radius 2 is 2.25 bits per heavy atom. The molecule has 1 N–H and O–H groups in total. The van der Waals surface area contributed by atoms with E-state index in [2.05, 4.69) is 38.0 Å². The van der Waals surface area contributed by atoms with Gasteiger partial charge in [0.2, 0.25) is 5.95 Å². The molecule has 1 atom stereocenters. The number of rotatable bonds is 4. The van der Waals surface area contributed by atoms with Crippen LogP contribution in [-0.4, -0.2) is 41.6 Å². The second-order valence-corrected chi connectivity index (χ2v) is 6.87. The fourth-order valence-electron chi connectivity index (χ4n) is 3.01. The second-order valence-electron chi connectivity index (χ2n) is 5.69. The molecule has 1 unspecified atom stereocenters. The number of halogens is 1. The van der Waals surface area contributed by atoms with Crippen molar-refractivity contribution in [2.75, 3.05) is 31.7 Å². The summed E-state index contributed by atoms with van der Waals surface area (Å²) in [4.78, 5) is 11.0. The molecule has 1 aliphatic carbocycles. The molecule has 2 heterocycles. The zero-order valence-electron chi connectivity index (χ0n) is 11.9. The molecule has 3 rings (SSSR count). The molecule has 1 aliphatic heterocycles. The zero-order chi connectivity index (χ0) is 13.9. The maximum atomic E-state index is 5.18. The van der Waals surface area contributed by atoms with E-state index < -0.39 is 0 Å². The Morgan fingerprint density at radius 3 is 3.00 bits per heavy atom. The average molecular weight is 340 g/mol. The average Bonchev–Trinajstić information content (AvgIpc) is 2.88. The van der Waals surface area contributed by atoms with Gasteiger partial charge in [0.1, 0.15) is 0 Å². The van der Waals surface area contributed by atoms with Crippen molar-refractivity contribution in [3.63, 3.8) is 0 Å². The first kappa shape index (κ1) is 14.1. The van der Waals surface area contributed by atoms with Gasteiger partial charge in [0.05, 0.1) is 10.7 Å². The van der Waals surface area contributed by atoms with Crippen LogP contribution in [0.4, 0.5) is 5.95 Å². The third-order valence-corrected chi connectivity index (χ3v) is 4.92. The van der Waals surface area contributed by atoms with E-state index in [1.165, 1.54) is 19.3 Å². The van der Waals surface area contributed by atoms with Crippen molar-refractivity contribution in [1.82, 2.24) is 9.97 Å². The van der Waals surface area contributed by atoms with Gasteiger partial charge in [0.25, 0.3) is 0 Å². The molecule has 1 aromatic heterocycles. The van der Waals surface area contributed by atoms with Crippen molar-refractivity contribution in [3.8, 4) is 0 Å². The molecule has 0 spiro atoms. The van der Waals surface area contributed by atoms with Crippen LogP contribution in [0.3, 0.4) is 0 Å². The molecule has 1 aromatic rings. The number of H-pyrrole nitrogens is 1. The number of hydrogen-bond donors (Lipinski definition) is 1. The number of aromatic amines is 1. The number of imidazole rings is 1. The highest BCUT2D eigenvalue weighted by Crippen LogP contribution is 2.22. The molecule has 0 bridgehead atoms. The molecule has 20 heavy (non-hydrogen) atoms. The van der Waals surface area contributed by atoms with E-state index in [1.807, 2.05) is 0 Å². The maximum Gasteiger partial charge on any atom is 0.203 e. The Kier molecular flexibility index (Phi) is 4.46. The van der Waals surface area contributed by atoms with E-state index in [-0.39, 0.29) is 0 Å². The summed E-state index contributed by atoms with van der Waals surface area (Å²) in [5.74, 6) is 1.84. The maximum absolute atomic E-state index is 5.18. The number of hydrogen-bond acceptors (Lipinski definition) is 3. The lowest BCUT2D eigenvalue weighted by molar-refractivity contribution is 0.170. The van der Waals surface area contributed by atoms with Gasteiger partial charge in [0.15, 0.2) is 0 Å². The van der Waals surface area contributed by atoms with E-state index in [1.54, 1.807) is 7.11 Å². The van der Waals surface area contributed by atoms with Gasteiger partial charge in [-0.1, -0.05) is 22.0 Å². The van der Waals surface area contributed by atoms with Crippen LogP contribution in [0.1, 0.15) is 25.7 Å². The van der Waals surface area contributed by atoms with Crippen molar-refractivity contribution in [3.05, 3.63) is 10.7 Å². The number of ether oxygens (including phenoxy) is 1. The Balaban J connectivity index is 1.66. The highest BCUT2D eigenvalue weighted by Gasteiger charge is 2.21. The minimum absolute atomic E-state index is 0.433. The molecular weight excluding hydrogens is 318 g/mol. The Hall–Kier alpha value is -0.810. The van der Waals surface area contributed by atoms with Crippen LogP contribution < -0.4 is 15.6 Å². The lowest BCUT2D eigenvalue weighted by atomic mass is 9.94. The first-order chi connectivity index (χ1) is 9.76. The summed E-state index contributed by atoms with van der Waals surface area (Å²) in [6, 6.07) is 0. The second kappa shape index (κ2) is 6.31. The third kappa shape index (κ3) is 3.09. The number of nitrogens with one attached hydrogen (secondary N) is 1. The summed E-state index contributed by atoms with van der Waals surface area (Å²) in [5.41, 5.74) is 0. The summed E-state index contributed by atoms with van der Waals surface area (Å²) in [7, 11) is 1.78. The standard InChI is InChI=1S/C15H22BrN3O/c1-20-9-6-11-4-7-19(8-5-11)15-17-13-3-2-12(16)10-14(13)18-15/h3,10-12H,2,4-9H2,1H3,(H,17,18). The molecule has 1 saturated heterocycles. The van der Waals surface area contributed by atoms with E-state index in [9.17, 15) is 0 Å². The van der Waals surface area contributed by atoms with Crippen molar-refractivity contribution in [2.45, 2.75) is 30.5 Å². The first-order valence-electron chi connectivity index (χ1n) is 7.42. The summed E-state index contributed by atoms with van der Waals surface area (Å²) in [5, 5.41) is 2.27. The van der Waals surface area contributed by atoms with Crippen molar-refractivity contribution in [2.24, 2.45) is 5.92 Å². The zero-order valence-corrected chi connectivity index (χ0v) is 13.5. The van der Waals surface area contributed by atoms with Gasteiger partial charge in [-0.05, 0) is 37.7 Å². The topological polar surface area (TPSA) is 41.1 Å². The largest absolute Gasteiger partial charge is 0.385 e. The lowest BCUT2D eigenvalue weighted by Gasteiger charge is -2.31. The molecule has 2 aliphatic rings. The summed E-state index contributed by atoms with van der Waals surface area (Å²) in [6.07, 6.45) is 9.12. The predicted octanol–water partition coefficient (Wildman–Crippen LogP) is 1.39. The minimum atomic E-state index is 0.433. The van der Waals surface area contributed by atoms with Gasteiger partial charge in [0, 0.05) is 31.6 Å². The van der Waals surface area contributed by atoms with Crippen LogP contribution >= 0.6 is 15.9 Å². The monoisotopic (exact) mass is 339 g/mol. The number of anilines is 1. The van der Waals surface area contributed by atoms with Crippen molar-refractivity contribution < 1.29 is 4.74 Å². The van der Waals surface area contributed by atoms with Gasteiger partial charge in [-0.3, -0.25) is 0 Å². The predicted molar refractivity (Wildman–Crippen MR) is 85.5 cm³/mol. The quantitative estimate of drug-likeness (QED) is 0.843. The van der Waals surface area contributed by atoms with E-state index in [0.717, 1.165) is 48.7 Å². The van der Waals surface area contributed by atoms with Gasteiger partial charge < -0.3 is 14.6 Å². The number of nitrogens with zero attached hydrogens (tertiary/aromatic N) is 2. The molecule has 0 amide bonds. The SMILES string of the molecule is COCCC1CCN(c2nc3c([nH]2)=CC(Br)CC=3)CC1. The first-order valence-corrected chi connectivity index (χ1v) is 8.34. The molecular formula is C15H22BrN3O. The van der Waals surface area contributed by atoms with E-state index in [4.69, 9.17) is 9.72 Å². The number of aromatic nitrogens is 2. The summed E-state index contributed by atoms with van der Waals surface area (Å²) < 4.78 is 5.18. The highest BCUT2D eigenvalue weighted by molar-refractivity contribution is 9.09. The van der Waals surface area contributed by atoms with E-state index >= 15 is 0 Å². The molecule has 110 valence electrons. The van der Waals surface area contributed by atoms with Crippen LogP contribution in [0.2, 0.25) is 0 Å². The number of piperidine rings is 1. The fourth-order valence-corrected chi connectivity index (χ4v) is 3.46. The third-order valence-electron chi connectivity index (χ3n) is 4.28. The Bertz CT molecular complexity index is 560. The number of methoxy groups -OCH3 is 1. The van der Waals surface area contributed by atoms with E-state index in [0.29, 0.717) is 4.83 Å². The van der Waals surface area contributed by atoms with Crippen molar-refractivity contribution in [1.29, 1.82) is 0 Å². The smallest absolute Gasteiger partial charge is 0.203 e. The Morgan fingerprint density at radius 1 is 1.45 bits per heavy atom. The van der Waals surface area contributed by atoms with Gasteiger partial charge in [-0.15, -0.1) is 0 Å². The lowest BCUT2D eigenvalue weighted by Crippen LogP contribution is -2.35. The van der Waals surface area contributed by atoms with Gasteiger partial charge in [-0.25, -0.2) is 4.98 Å². The molecule has 5 heteroatoms. The summed E-state index contributed by atoms with van der Waals surface area (Å²) in [6.45, 7) is 3.08. The normalized spacial score (nSPS) is 23.1. The molecule has 0 saturated carbocycles. The fraction of sp³-hybridized carbons (Fsp3) is 0.667. The summed E-state index contributed by atoms with van der Waals surface area (Å²) >= 11 is 3.64. The van der Waals surface area contributed by atoms with Gasteiger partial charge >= 0.3 is 0 Å². The number of alkyl halides is 1. The number of fused-ring (bicyclic) bond motifs is 1. The van der Waals surface area contributed by atoms with Crippen LogP contribution in [0, 0.1) is 5.92 Å². The van der Waals surface area contributed by atoms with Crippen LogP contribution in [0.15, 0.2) is 0 Å². The van der Waals surface area contributed by atoms with Crippen molar-refractivity contribution >= 4 is 34.0 Å². The van der Waals surface area contributed by atoms with Crippen LogP contribution in [0.25, 0.3) is 12.2 Å². The molecule has 1 fully saturated rings. The Labute approximate surface area is 128 Å². The molecule has 4 nitrogen and oxygen atoms in total. The molecule has 0 radical (unpaired) electrons. The minimum Gasteiger partial charge on any atom is -0.385 e.